The molecule has 2 atom stereocenters. The Morgan fingerprint density at radius 3 is 2.82 bits per heavy atom. The summed E-state index contributed by atoms with van der Waals surface area (Å²) in [7, 11) is 0. The number of aryl methyl sites for hydroxylation is 1. The first-order chi connectivity index (χ1) is 10.4. The lowest BCUT2D eigenvalue weighted by atomic mass is 9.68. The predicted molar refractivity (Wildman–Crippen MR) is 90.6 cm³/mol. The summed E-state index contributed by atoms with van der Waals surface area (Å²) in [5, 5.41) is 10.6. The first kappa shape index (κ1) is 15.5. The maximum atomic E-state index is 10.6. The Hall–Kier alpha value is -1.44. The molecule has 1 aromatic carbocycles. The second-order valence-electron chi connectivity index (χ2n) is 7.52. The quantitative estimate of drug-likeness (QED) is 0.763. The monoisotopic (exact) mass is 300 g/mol. The summed E-state index contributed by atoms with van der Waals surface area (Å²) in [6.07, 6.45) is 7.94. The third kappa shape index (κ3) is 2.64. The van der Waals surface area contributed by atoms with Gasteiger partial charge in [-0.05, 0) is 64.2 Å². The van der Waals surface area contributed by atoms with Crippen LogP contribution in [-0.2, 0) is 6.42 Å². The normalized spacial score (nSPS) is 25.7. The number of hydrogen-bond acceptors (Lipinski definition) is 2. The van der Waals surface area contributed by atoms with Crippen molar-refractivity contribution < 1.29 is 9.84 Å². The van der Waals surface area contributed by atoms with Crippen molar-refractivity contribution in [2.75, 3.05) is 0 Å². The van der Waals surface area contributed by atoms with Crippen LogP contribution in [0.2, 0.25) is 0 Å². The number of allylic oxidation sites excluding steroid dienone is 2. The minimum atomic E-state index is -0.176. The van der Waals surface area contributed by atoms with Crippen molar-refractivity contribution in [2.45, 2.75) is 71.3 Å². The van der Waals surface area contributed by atoms with E-state index in [1.54, 1.807) is 0 Å². The number of benzene rings is 1. The van der Waals surface area contributed by atoms with Gasteiger partial charge in [-0.15, -0.1) is 0 Å². The van der Waals surface area contributed by atoms with E-state index in [0.717, 1.165) is 43.4 Å². The molecule has 0 fully saturated rings. The first-order valence-corrected chi connectivity index (χ1v) is 8.64. The molecule has 2 heteroatoms. The smallest absolute Gasteiger partial charge is 0.127 e. The maximum absolute atomic E-state index is 10.6. The average molecular weight is 300 g/mol. The number of fused-ring (bicyclic) bond motifs is 3. The number of rotatable bonds is 3. The lowest BCUT2D eigenvalue weighted by molar-refractivity contribution is 0.0107. The molecular formula is C20H28O2. The third-order valence-electron chi connectivity index (χ3n) is 5.35. The Bertz CT molecular complexity index is 598. The van der Waals surface area contributed by atoms with Crippen LogP contribution < -0.4 is 4.74 Å². The van der Waals surface area contributed by atoms with E-state index in [-0.39, 0.29) is 11.5 Å². The molecule has 2 aliphatic rings. The zero-order chi connectivity index (χ0) is 15.9. The summed E-state index contributed by atoms with van der Waals surface area (Å²) >= 11 is 0. The van der Waals surface area contributed by atoms with E-state index in [1.807, 2.05) is 6.07 Å². The Labute approximate surface area is 134 Å². The van der Waals surface area contributed by atoms with Crippen LogP contribution in [0.1, 0.15) is 70.4 Å². The summed E-state index contributed by atoms with van der Waals surface area (Å²) in [5.74, 6) is 2.03. The van der Waals surface area contributed by atoms with Crippen LogP contribution >= 0.6 is 0 Å². The fourth-order valence-corrected chi connectivity index (χ4v) is 4.10. The molecule has 0 spiro atoms. The van der Waals surface area contributed by atoms with Gasteiger partial charge in [-0.25, -0.2) is 0 Å². The molecule has 0 bridgehead atoms. The number of aromatic hydroxyl groups is 1. The van der Waals surface area contributed by atoms with Crippen molar-refractivity contribution in [2.24, 2.45) is 5.92 Å². The van der Waals surface area contributed by atoms with E-state index in [0.29, 0.717) is 11.7 Å². The van der Waals surface area contributed by atoms with E-state index >= 15 is 0 Å². The van der Waals surface area contributed by atoms with Crippen LogP contribution in [0, 0.1) is 5.92 Å². The van der Waals surface area contributed by atoms with Crippen LogP contribution in [0.25, 0.3) is 0 Å². The van der Waals surface area contributed by atoms with Gasteiger partial charge in [-0.3, -0.25) is 0 Å². The van der Waals surface area contributed by atoms with Crippen LogP contribution in [0.3, 0.4) is 0 Å². The van der Waals surface area contributed by atoms with Crippen LogP contribution in [0.5, 0.6) is 11.5 Å². The molecule has 1 N–H and O–H groups in total. The van der Waals surface area contributed by atoms with Gasteiger partial charge in [0.05, 0.1) is 0 Å². The Morgan fingerprint density at radius 2 is 2.09 bits per heavy atom. The van der Waals surface area contributed by atoms with Crippen molar-refractivity contribution in [3.63, 3.8) is 0 Å². The molecule has 22 heavy (non-hydrogen) atoms. The van der Waals surface area contributed by atoms with Gasteiger partial charge in [0, 0.05) is 17.4 Å². The molecule has 0 amide bonds. The zero-order valence-electron chi connectivity index (χ0n) is 14.3. The Morgan fingerprint density at radius 1 is 1.32 bits per heavy atom. The molecule has 2 nitrogen and oxygen atoms in total. The molecule has 1 aromatic rings. The molecule has 0 saturated heterocycles. The van der Waals surface area contributed by atoms with Gasteiger partial charge in [0.25, 0.3) is 0 Å². The van der Waals surface area contributed by atoms with E-state index < -0.39 is 0 Å². The highest BCUT2D eigenvalue weighted by atomic mass is 16.5. The summed E-state index contributed by atoms with van der Waals surface area (Å²) in [6, 6.07) is 4.10. The largest absolute Gasteiger partial charge is 0.507 e. The van der Waals surface area contributed by atoms with Crippen LogP contribution in [0.15, 0.2) is 23.8 Å². The van der Waals surface area contributed by atoms with Crippen molar-refractivity contribution >= 4 is 0 Å². The average Bonchev–Trinajstić information content (AvgIpc) is 2.43. The molecule has 0 unspecified atom stereocenters. The Balaban J connectivity index is 2.06. The topological polar surface area (TPSA) is 29.5 Å². The van der Waals surface area contributed by atoms with Crippen LogP contribution in [-0.4, -0.2) is 10.7 Å². The first-order valence-electron chi connectivity index (χ1n) is 8.64. The highest BCUT2D eigenvalue weighted by Gasteiger charge is 2.45. The number of hydrogen-bond donors (Lipinski definition) is 1. The molecule has 1 heterocycles. The lowest BCUT2D eigenvalue weighted by Crippen LogP contribution is -2.45. The highest BCUT2D eigenvalue weighted by molar-refractivity contribution is 5.53. The number of phenolic OH excluding ortho intramolecular Hbond substituents is 1. The van der Waals surface area contributed by atoms with E-state index in [2.05, 4.69) is 39.8 Å². The van der Waals surface area contributed by atoms with E-state index in [1.165, 1.54) is 11.1 Å². The fraction of sp³-hybridized carbons (Fsp3) is 0.600. The van der Waals surface area contributed by atoms with Gasteiger partial charge in [0.1, 0.15) is 17.1 Å². The standard InChI is InChI=1S/C20H28O2/c1-5-6-7-14-11-17(21)19-15-10-13(2)8-9-16(15)20(3,4)22-18(19)12-14/h10-12,15-16,21H,5-9H2,1-4H3/t15-,16-/m1/s1. The minimum absolute atomic E-state index is 0.176. The number of ether oxygens (including phenoxy) is 1. The van der Waals surface area contributed by atoms with E-state index in [4.69, 9.17) is 4.74 Å². The third-order valence-corrected chi connectivity index (χ3v) is 5.35. The molecule has 1 aliphatic carbocycles. The second-order valence-corrected chi connectivity index (χ2v) is 7.52. The van der Waals surface area contributed by atoms with Crippen molar-refractivity contribution in [3.05, 3.63) is 34.9 Å². The molecule has 0 saturated carbocycles. The Kier molecular flexibility index (Phi) is 3.96. The number of unbranched alkanes of at least 4 members (excludes halogenated alkanes) is 1. The summed E-state index contributed by atoms with van der Waals surface area (Å²) in [5.41, 5.74) is 3.44. The van der Waals surface area contributed by atoms with Crippen LogP contribution in [0.4, 0.5) is 0 Å². The molecule has 1 aliphatic heterocycles. The summed E-state index contributed by atoms with van der Waals surface area (Å²) in [4.78, 5) is 0. The van der Waals surface area contributed by atoms with Crippen molar-refractivity contribution in [1.29, 1.82) is 0 Å². The molecule has 3 rings (SSSR count). The van der Waals surface area contributed by atoms with Gasteiger partial charge < -0.3 is 9.84 Å². The highest BCUT2D eigenvalue weighted by Crippen LogP contribution is 2.53. The zero-order valence-corrected chi connectivity index (χ0v) is 14.3. The lowest BCUT2D eigenvalue weighted by Gasteiger charge is -2.46. The van der Waals surface area contributed by atoms with Gasteiger partial charge >= 0.3 is 0 Å². The SMILES string of the molecule is CCCCc1cc(O)c2c(c1)OC(C)(C)[C@@H]1CCC(C)=C[C@@H]21. The minimum Gasteiger partial charge on any atom is -0.507 e. The molecule has 0 aromatic heterocycles. The molecule has 0 radical (unpaired) electrons. The van der Waals surface area contributed by atoms with Gasteiger partial charge in [-0.1, -0.05) is 25.0 Å². The van der Waals surface area contributed by atoms with Crippen molar-refractivity contribution in [1.82, 2.24) is 0 Å². The van der Waals surface area contributed by atoms with Gasteiger partial charge in [-0.2, -0.15) is 0 Å². The summed E-state index contributed by atoms with van der Waals surface area (Å²) in [6.45, 7) is 8.78. The fourth-order valence-electron chi connectivity index (χ4n) is 4.10. The number of phenols is 1. The molecular weight excluding hydrogens is 272 g/mol. The van der Waals surface area contributed by atoms with Crippen molar-refractivity contribution in [3.8, 4) is 11.5 Å². The predicted octanol–water partition coefficient (Wildman–Crippen LogP) is 5.35. The summed E-state index contributed by atoms with van der Waals surface area (Å²) < 4.78 is 6.34. The molecule has 120 valence electrons. The van der Waals surface area contributed by atoms with Gasteiger partial charge in [0.2, 0.25) is 0 Å². The van der Waals surface area contributed by atoms with Gasteiger partial charge in [0.15, 0.2) is 0 Å². The maximum Gasteiger partial charge on any atom is 0.127 e. The second kappa shape index (κ2) is 5.64. The van der Waals surface area contributed by atoms with E-state index in [9.17, 15) is 5.11 Å².